The van der Waals surface area contributed by atoms with Crippen LogP contribution in [0.1, 0.15) is 0 Å². The highest BCUT2D eigenvalue weighted by Crippen LogP contribution is 2.24. The summed E-state index contributed by atoms with van der Waals surface area (Å²) in [5.41, 5.74) is 8.54. The highest BCUT2D eigenvalue weighted by molar-refractivity contribution is 5.87. The average molecular weight is 288 g/mol. The summed E-state index contributed by atoms with van der Waals surface area (Å²) < 4.78 is 1.76. The molecule has 0 aliphatic heterocycles. The molecule has 6 heteroatoms. The summed E-state index contributed by atoms with van der Waals surface area (Å²) in [5.74, 6) is 0.976. The average Bonchev–Trinajstić information content (AvgIpc) is 3.01. The van der Waals surface area contributed by atoms with Crippen LogP contribution in [0.4, 0.5) is 5.82 Å². The van der Waals surface area contributed by atoms with Crippen LogP contribution >= 0.6 is 0 Å². The van der Waals surface area contributed by atoms with Crippen LogP contribution < -0.4 is 5.73 Å². The monoisotopic (exact) mass is 288 g/mol. The molecule has 22 heavy (non-hydrogen) atoms. The number of nitrogens with zero attached hydrogens (tertiary/aromatic N) is 5. The summed E-state index contributed by atoms with van der Waals surface area (Å²) in [4.78, 5) is 13.0. The molecule has 106 valence electrons. The predicted molar refractivity (Wildman–Crippen MR) is 84.3 cm³/mol. The van der Waals surface area contributed by atoms with E-state index in [1.807, 2.05) is 42.5 Å². The fourth-order valence-electron chi connectivity index (χ4n) is 2.32. The van der Waals surface area contributed by atoms with E-state index >= 15 is 0 Å². The Labute approximate surface area is 126 Å². The van der Waals surface area contributed by atoms with Crippen LogP contribution in [-0.2, 0) is 0 Å². The van der Waals surface area contributed by atoms with Gasteiger partial charge in [0.15, 0.2) is 11.5 Å². The second kappa shape index (κ2) is 4.92. The zero-order valence-corrected chi connectivity index (χ0v) is 11.6. The van der Waals surface area contributed by atoms with Crippen molar-refractivity contribution in [3.63, 3.8) is 0 Å². The fraction of sp³-hybridized carbons (Fsp3) is 0. The molecular formula is C16H12N6. The summed E-state index contributed by atoms with van der Waals surface area (Å²) in [6.45, 7) is 0. The lowest BCUT2D eigenvalue weighted by molar-refractivity contribution is 0.896. The van der Waals surface area contributed by atoms with Gasteiger partial charge < -0.3 is 5.73 Å². The van der Waals surface area contributed by atoms with Crippen molar-refractivity contribution in [2.75, 3.05) is 5.73 Å². The van der Waals surface area contributed by atoms with E-state index in [9.17, 15) is 0 Å². The van der Waals surface area contributed by atoms with Crippen molar-refractivity contribution in [2.45, 2.75) is 0 Å². The van der Waals surface area contributed by atoms with Gasteiger partial charge in [-0.05, 0) is 24.3 Å². The van der Waals surface area contributed by atoms with Crippen LogP contribution in [0.5, 0.6) is 0 Å². The molecule has 4 aromatic rings. The minimum Gasteiger partial charge on any atom is -0.383 e. The van der Waals surface area contributed by atoms with E-state index in [1.165, 1.54) is 0 Å². The molecule has 2 N–H and O–H groups in total. The highest BCUT2D eigenvalue weighted by Gasteiger charge is 2.13. The first kappa shape index (κ1) is 12.5. The van der Waals surface area contributed by atoms with Gasteiger partial charge in [-0.2, -0.15) is 5.10 Å². The lowest BCUT2D eigenvalue weighted by atomic mass is 10.2. The standard InChI is InChI=1S/C16H12N6/c17-14-13-10-19-22(12-4-2-1-3-5-12)16(13)21-15(20-14)11-6-8-18-9-7-11/h1-10H,(H2,17,20,21). The minimum absolute atomic E-state index is 0.416. The quantitative estimate of drug-likeness (QED) is 0.612. The molecule has 0 bridgehead atoms. The van der Waals surface area contributed by atoms with E-state index in [4.69, 9.17) is 5.73 Å². The number of nitrogens with two attached hydrogens (primary N) is 1. The number of anilines is 1. The van der Waals surface area contributed by atoms with E-state index < -0.39 is 0 Å². The topological polar surface area (TPSA) is 82.5 Å². The van der Waals surface area contributed by atoms with Gasteiger partial charge in [-0.1, -0.05) is 18.2 Å². The number of fused-ring (bicyclic) bond motifs is 1. The van der Waals surface area contributed by atoms with Crippen molar-refractivity contribution in [3.05, 3.63) is 61.1 Å². The third-order valence-electron chi connectivity index (χ3n) is 3.40. The molecular weight excluding hydrogens is 276 g/mol. The van der Waals surface area contributed by atoms with Crippen LogP contribution in [0, 0.1) is 0 Å². The Morgan fingerprint density at radius 3 is 2.45 bits per heavy atom. The van der Waals surface area contributed by atoms with Crippen molar-refractivity contribution in [1.82, 2.24) is 24.7 Å². The number of aromatic nitrogens is 5. The van der Waals surface area contributed by atoms with Crippen LogP contribution in [0.15, 0.2) is 61.1 Å². The Kier molecular flexibility index (Phi) is 2.79. The fourth-order valence-corrected chi connectivity index (χ4v) is 2.32. The molecule has 0 saturated heterocycles. The largest absolute Gasteiger partial charge is 0.383 e. The van der Waals surface area contributed by atoms with E-state index in [0.717, 1.165) is 16.6 Å². The van der Waals surface area contributed by atoms with Crippen molar-refractivity contribution in [2.24, 2.45) is 0 Å². The van der Waals surface area contributed by atoms with Crippen LogP contribution in [0.25, 0.3) is 28.1 Å². The number of pyridine rings is 1. The molecule has 3 heterocycles. The van der Waals surface area contributed by atoms with E-state index in [-0.39, 0.29) is 0 Å². The Hall–Kier alpha value is -3.28. The smallest absolute Gasteiger partial charge is 0.169 e. The number of benzene rings is 1. The molecule has 6 nitrogen and oxygen atoms in total. The van der Waals surface area contributed by atoms with Gasteiger partial charge in [-0.3, -0.25) is 4.98 Å². The number of hydrogen-bond donors (Lipinski definition) is 1. The molecule has 0 saturated carbocycles. The Bertz CT molecular complexity index is 931. The number of rotatable bonds is 2. The van der Waals surface area contributed by atoms with E-state index in [1.54, 1.807) is 23.3 Å². The van der Waals surface area contributed by atoms with Gasteiger partial charge in [0.2, 0.25) is 0 Å². The number of nitrogen functional groups attached to an aromatic ring is 1. The SMILES string of the molecule is Nc1nc(-c2ccncc2)nc2c1cnn2-c1ccccc1. The minimum atomic E-state index is 0.416. The van der Waals surface area contributed by atoms with E-state index in [0.29, 0.717) is 17.3 Å². The molecule has 4 rings (SSSR count). The van der Waals surface area contributed by atoms with Crippen molar-refractivity contribution >= 4 is 16.9 Å². The zero-order valence-electron chi connectivity index (χ0n) is 11.6. The first-order valence-electron chi connectivity index (χ1n) is 6.80. The maximum Gasteiger partial charge on any atom is 0.169 e. The second-order valence-corrected chi connectivity index (χ2v) is 4.80. The Balaban J connectivity index is 1.97. The number of para-hydroxylation sites is 1. The molecule has 0 aliphatic rings. The molecule has 0 unspecified atom stereocenters. The summed E-state index contributed by atoms with van der Waals surface area (Å²) in [6.07, 6.45) is 5.09. The van der Waals surface area contributed by atoms with Crippen molar-refractivity contribution < 1.29 is 0 Å². The molecule has 0 aliphatic carbocycles. The lowest BCUT2D eigenvalue weighted by Crippen LogP contribution is -2.01. The first-order chi connectivity index (χ1) is 10.8. The van der Waals surface area contributed by atoms with Gasteiger partial charge in [-0.15, -0.1) is 0 Å². The lowest BCUT2D eigenvalue weighted by Gasteiger charge is -2.05. The van der Waals surface area contributed by atoms with Gasteiger partial charge in [-0.25, -0.2) is 14.6 Å². The summed E-state index contributed by atoms with van der Waals surface area (Å²) in [5, 5.41) is 5.12. The van der Waals surface area contributed by atoms with Gasteiger partial charge >= 0.3 is 0 Å². The molecule has 1 aromatic carbocycles. The summed E-state index contributed by atoms with van der Waals surface area (Å²) in [7, 11) is 0. The van der Waals surface area contributed by atoms with Gasteiger partial charge in [0.1, 0.15) is 5.82 Å². The highest BCUT2D eigenvalue weighted by atomic mass is 15.3. The molecule has 0 radical (unpaired) electrons. The third-order valence-corrected chi connectivity index (χ3v) is 3.40. The summed E-state index contributed by atoms with van der Waals surface area (Å²) >= 11 is 0. The van der Waals surface area contributed by atoms with Crippen LogP contribution in [-0.4, -0.2) is 24.7 Å². The number of hydrogen-bond acceptors (Lipinski definition) is 5. The van der Waals surface area contributed by atoms with Crippen LogP contribution in [0.3, 0.4) is 0 Å². The first-order valence-corrected chi connectivity index (χ1v) is 6.80. The van der Waals surface area contributed by atoms with Gasteiger partial charge in [0, 0.05) is 18.0 Å². The van der Waals surface area contributed by atoms with Crippen molar-refractivity contribution in [1.29, 1.82) is 0 Å². The molecule has 3 aromatic heterocycles. The normalized spacial score (nSPS) is 10.9. The van der Waals surface area contributed by atoms with Gasteiger partial charge in [0.25, 0.3) is 0 Å². The molecule has 0 fully saturated rings. The maximum atomic E-state index is 6.07. The second-order valence-electron chi connectivity index (χ2n) is 4.80. The van der Waals surface area contributed by atoms with Crippen molar-refractivity contribution in [3.8, 4) is 17.1 Å². The maximum absolute atomic E-state index is 6.07. The Morgan fingerprint density at radius 2 is 1.68 bits per heavy atom. The molecule has 0 spiro atoms. The molecule has 0 amide bonds. The van der Waals surface area contributed by atoms with E-state index in [2.05, 4.69) is 20.1 Å². The molecule has 0 atom stereocenters. The van der Waals surface area contributed by atoms with Gasteiger partial charge in [0.05, 0.1) is 17.3 Å². The Morgan fingerprint density at radius 1 is 0.909 bits per heavy atom. The summed E-state index contributed by atoms with van der Waals surface area (Å²) in [6, 6.07) is 13.5. The predicted octanol–water partition coefficient (Wildman–Crippen LogP) is 2.46. The van der Waals surface area contributed by atoms with Crippen LogP contribution in [0.2, 0.25) is 0 Å². The third kappa shape index (κ3) is 1.98. The zero-order chi connectivity index (χ0) is 14.9.